The molecule has 3 N–H and O–H groups in total. The lowest BCUT2D eigenvalue weighted by Gasteiger charge is -2.15. The van der Waals surface area contributed by atoms with Crippen LogP contribution in [-0.2, 0) is 11.3 Å². The van der Waals surface area contributed by atoms with Crippen LogP contribution in [0, 0.1) is 6.92 Å². The van der Waals surface area contributed by atoms with Crippen LogP contribution in [-0.4, -0.2) is 42.3 Å². The summed E-state index contributed by atoms with van der Waals surface area (Å²) < 4.78 is 0. The Kier molecular flexibility index (Phi) is 7.77. The van der Waals surface area contributed by atoms with Crippen molar-refractivity contribution < 1.29 is 14.4 Å². The first-order valence-corrected chi connectivity index (χ1v) is 11.9. The van der Waals surface area contributed by atoms with Crippen LogP contribution in [0.15, 0.2) is 72.8 Å². The molecule has 0 spiro atoms. The van der Waals surface area contributed by atoms with Gasteiger partial charge in [0.15, 0.2) is 0 Å². The molecular weight excluding hydrogens is 440 g/mol. The minimum Gasteiger partial charge on any atom is -0.376 e. The topological polar surface area (TPSA) is 90.5 Å². The molecule has 0 aromatic heterocycles. The minimum absolute atomic E-state index is 0.0693. The number of benzene rings is 3. The number of rotatable bonds is 8. The average molecular weight is 471 g/mol. The van der Waals surface area contributed by atoms with E-state index < -0.39 is 0 Å². The lowest BCUT2D eigenvalue weighted by molar-refractivity contribution is -0.119. The molecular formula is C28H30N4O3. The Hall–Kier alpha value is -4.13. The predicted octanol–water partition coefficient (Wildman–Crippen LogP) is 4.21. The fourth-order valence-electron chi connectivity index (χ4n) is 3.99. The van der Waals surface area contributed by atoms with Crippen LogP contribution in [0.5, 0.6) is 0 Å². The Morgan fingerprint density at radius 2 is 1.57 bits per heavy atom. The fourth-order valence-corrected chi connectivity index (χ4v) is 3.99. The molecule has 1 fully saturated rings. The van der Waals surface area contributed by atoms with E-state index in [1.165, 1.54) is 0 Å². The smallest absolute Gasteiger partial charge is 0.255 e. The molecule has 3 amide bonds. The van der Waals surface area contributed by atoms with Gasteiger partial charge in [-0.1, -0.05) is 36.4 Å². The molecule has 4 rings (SSSR count). The summed E-state index contributed by atoms with van der Waals surface area (Å²) in [5.41, 5.74) is 4.58. The third kappa shape index (κ3) is 6.47. The van der Waals surface area contributed by atoms with E-state index in [0.717, 1.165) is 42.7 Å². The summed E-state index contributed by atoms with van der Waals surface area (Å²) in [6.45, 7) is 4.07. The van der Waals surface area contributed by atoms with Crippen LogP contribution in [0.2, 0.25) is 0 Å². The van der Waals surface area contributed by atoms with E-state index in [4.69, 9.17) is 0 Å². The third-order valence-corrected chi connectivity index (χ3v) is 6.05. The maximum Gasteiger partial charge on any atom is 0.255 e. The van der Waals surface area contributed by atoms with Gasteiger partial charge in [0.2, 0.25) is 5.91 Å². The fraction of sp³-hybridized carbons (Fsp3) is 0.250. The number of likely N-dealkylation sites (tertiary alicyclic amines) is 1. The summed E-state index contributed by atoms with van der Waals surface area (Å²) in [4.78, 5) is 39.1. The van der Waals surface area contributed by atoms with Crippen LogP contribution < -0.4 is 16.0 Å². The summed E-state index contributed by atoms with van der Waals surface area (Å²) in [5, 5.41) is 8.92. The lowest BCUT2D eigenvalue weighted by atomic mass is 10.1. The Morgan fingerprint density at radius 1 is 0.857 bits per heavy atom. The van der Waals surface area contributed by atoms with Gasteiger partial charge >= 0.3 is 0 Å². The highest BCUT2D eigenvalue weighted by Gasteiger charge is 2.19. The van der Waals surface area contributed by atoms with Crippen molar-refractivity contribution in [2.24, 2.45) is 0 Å². The van der Waals surface area contributed by atoms with Gasteiger partial charge in [-0.3, -0.25) is 14.4 Å². The Morgan fingerprint density at radius 3 is 2.29 bits per heavy atom. The van der Waals surface area contributed by atoms with E-state index in [-0.39, 0.29) is 24.3 Å². The van der Waals surface area contributed by atoms with E-state index >= 15 is 0 Å². The molecule has 1 saturated heterocycles. The molecule has 1 aliphatic rings. The van der Waals surface area contributed by atoms with E-state index in [2.05, 4.69) is 16.0 Å². The van der Waals surface area contributed by atoms with Crippen molar-refractivity contribution in [2.45, 2.75) is 26.3 Å². The zero-order valence-electron chi connectivity index (χ0n) is 19.8. The van der Waals surface area contributed by atoms with Crippen LogP contribution in [0.3, 0.4) is 0 Å². The van der Waals surface area contributed by atoms with Crippen molar-refractivity contribution in [2.75, 3.05) is 30.3 Å². The summed E-state index contributed by atoms with van der Waals surface area (Å²) in [6, 6.07) is 21.9. The van der Waals surface area contributed by atoms with Crippen molar-refractivity contribution in [1.82, 2.24) is 10.2 Å². The lowest BCUT2D eigenvalue weighted by Crippen LogP contribution is -2.29. The molecule has 0 aliphatic carbocycles. The molecule has 180 valence electrons. The summed E-state index contributed by atoms with van der Waals surface area (Å²) in [6.07, 6.45) is 2.13. The monoisotopic (exact) mass is 470 g/mol. The molecule has 3 aromatic carbocycles. The second-order valence-corrected chi connectivity index (χ2v) is 8.68. The van der Waals surface area contributed by atoms with Gasteiger partial charge in [0.1, 0.15) is 0 Å². The maximum absolute atomic E-state index is 12.5. The second-order valence-electron chi connectivity index (χ2n) is 8.68. The van der Waals surface area contributed by atoms with Gasteiger partial charge in [0, 0.05) is 42.1 Å². The molecule has 1 aliphatic heterocycles. The SMILES string of the molecule is Cc1ccc(NC(=O)c2ccccc2)cc1NCC(=O)NCc1ccc(C(=O)N2CCCC2)cc1. The number of carbonyl (C=O) groups is 3. The Bertz CT molecular complexity index is 1190. The van der Waals surface area contributed by atoms with Gasteiger partial charge in [0.05, 0.1) is 6.54 Å². The number of hydrogen-bond donors (Lipinski definition) is 3. The third-order valence-electron chi connectivity index (χ3n) is 6.05. The molecule has 7 nitrogen and oxygen atoms in total. The first-order valence-electron chi connectivity index (χ1n) is 11.9. The van der Waals surface area contributed by atoms with Gasteiger partial charge in [-0.25, -0.2) is 0 Å². The Balaban J connectivity index is 1.26. The van der Waals surface area contributed by atoms with E-state index in [1.54, 1.807) is 12.1 Å². The number of hydrogen-bond acceptors (Lipinski definition) is 4. The largest absolute Gasteiger partial charge is 0.376 e. The first kappa shape index (κ1) is 24.0. The average Bonchev–Trinajstić information content (AvgIpc) is 3.43. The van der Waals surface area contributed by atoms with Crippen molar-refractivity contribution in [3.8, 4) is 0 Å². The van der Waals surface area contributed by atoms with Crippen molar-refractivity contribution >= 4 is 29.1 Å². The zero-order chi connectivity index (χ0) is 24.6. The molecule has 1 heterocycles. The maximum atomic E-state index is 12.5. The highest BCUT2D eigenvalue weighted by atomic mass is 16.2. The van der Waals surface area contributed by atoms with Gasteiger partial charge in [0.25, 0.3) is 11.8 Å². The van der Waals surface area contributed by atoms with Gasteiger partial charge in [-0.05, 0) is 67.3 Å². The molecule has 3 aromatic rings. The van der Waals surface area contributed by atoms with Crippen LogP contribution in [0.4, 0.5) is 11.4 Å². The van der Waals surface area contributed by atoms with Crippen molar-refractivity contribution in [1.29, 1.82) is 0 Å². The predicted molar refractivity (Wildman–Crippen MR) is 137 cm³/mol. The van der Waals surface area contributed by atoms with E-state index in [1.807, 2.05) is 72.5 Å². The highest BCUT2D eigenvalue weighted by molar-refractivity contribution is 6.04. The first-order chi connectivity index (χ1) is 17.0. The molecule has 0 saturated carbocycles. The van der Waals surface area contributed by atoms with Gasteiger partial charge in [-0.2, -0.15) is 0 Å². The number of amides is 3. The van der Waals surface area contributed by atoms with Crippen molar-refractivity contribution in [3.05, 3.63) is 95.1 Å². The number of anilines is 2. The van der Waals surface area contributed by atoms with Crippen LogP contribution in [0.1, 0.15) is 44.7 Å². The summed E-state index contributed by atoms with van der Waals surface area (Å²) in [7, 11) is 0. The molecule has 35 heavy (non-hydrogen) atoms. The minimum atomic E-state index is -0.189. The zero-order valence-corrected chi connectivity index (χ0v) is 19.8. The molecule has 7 heteroatoms. The van der Waals surface area contributed by atoms with Crippen LogP contribution >= 0.6 is 0 Å². The normalized spacial score (nSPS) is 12.8. The van der Waals surface area contributed by atoms with Gasteiger partial charge in [-0.15, -0.1) is 0 Å². The molecule has 0 unspecified atom stereocenters. The highest BCUT2D eigenvalue weighted by Crippen LogP contribution is 2.21. The Labute approximate surface area is 205 Å². The van der Waals surface area contributed by atoms with Crippen LogP contribution in [0.25, 0.3) is 0 Å². The summed E-state index contributed by atoms with van der Waals surface area (Å²) in [5.74, 6) is -0.272. The molecule has 0 atom stereocenters. The number of nitrogens with zero attached hydrogens (tertiary/aromatic N) is 1. The van der Waals surface area contributed by atoms with Crippen molar-refractivity contribution in [3.63, 3.8) is 0 Å². The summed E-state index contributed by atoms with van der Waals surface area (Å²) >= 11 is 0. The molecule has 0 radical (unpaired) electrons. The van der Waals surface area contributed by atoms with Gasteiger partial charge < -0.3 is 20.9 Å². The number of aryl methyl sites for hydroxylation is 1. The standard InChI is InChI=1S/C28H30N4O3/c1-20-9-14-24(31-27(34)22-7-3-2-4-8-22)17-25(20)29-19-26(33)30-18-21-10-12-23(13-11-21)28(35)32-15-5-6-16-32/h2-4,7-14,17,29H,5-6,15-16,18-19H2,1H3,(H,30,33)(H,31,34). The quantitative estimate of drug-likeness (QED) is 0.460. The number of nitrogens with one attached hydrogen (secondary N) is 3. The van der Waals surface area contributed by atoms with E-state index in [9.17, 15) is 14.4 Å². The molecule has 0 bridgehead atoms. The second kappa shape index (κ2) is 11.3. The number of carbonyl (C=O) groups excluding carboxylic acids is 3. The van der Waals surface area contributed by atoms with E-state index in [0.29, 0.717) is 23.4 Å².